The summed E-state index contributed by atoms with van der Waals surface area (Å²) < 4.78 is 5.71. The molecule has 1 aromatic rings. The van der Waals surface area contributed by atoms with Crippen molar-refractivity contribution in [3.8, 4) is 6.07 Å². The molecule has 1 aliphatic rings. The number of nitro groups is 1. The fraction of sp³-hybridized carbons (Fsp3) is 0.500. The SMILES string of the molecule is N#Cc1cc(NCCOC2CCCC2)ccc1[N+](=O)[O-]. The quantitative estimate of drug-likeness (QED) is 0.490. The predicted octanol–water partition coefficient (Wildman–Crippen LogP) is 2.84. The summed E-state index contributed by atoms with van der Waals surface area (Å²) in [5.74, 6) is 0. The van der Waals surface area contributed by atoms with Crippen molar-refractivity contribution >= 4 is 11.4 Å². The van der Waals surface area contributed by atoms with Crippen molar-refractivity contribution in [1.82, 2.24) is 0 Å². The number of hydrogen-bond donors (Lipinski definition) is 1. The van der Waals surface area contributed by atoms with Crippen molar-refractivity contribution in [1.29, 1.82) is 5.26 Å². The minimum Gasteiger partial charge on any atom is -0.383 e. The first-order chi connectivity index (χ1) is 9.70. The van der Waals surface area contributed by atoms with E-state index in [4.69, 9.17) is 10.00 Å². The van der Waals surface area contributed by atoms with E-state index in [0.717, 1.165) is 12.8 Å². The molecule has 0 aromatic heterocycles. The van der Waals surface area contributed by atoms with Crippen molar-refractivity contribution in [2.45, 2.75) is 31.8 Å². The van der Waals surface area contributed by atoms with Gasteiger partial charge in [0.05, 0.1) is 17.6 Å². The van der Waals surface area contributed by atoms with Gasteiger partial charge in [-0.15, -0.1) is 0 Å². The zero-order valence-corrected chi connectivity index (χ0v) is 11.2. The van der Waals surface area contributed by atoms with Crippen molar-refractivity contribution in [3.05, 3.63) is 33.9 Å². The van der Waals surface area contributed by atoms with Gasteiger partial charge in [-0.25, -0.2) is 0 Å². The molecule has 0 spiro atoms. The molecule has 0 heterocycles. The monoisotopic (exact) mass is 275 g/mol. The molecule has 0 amide bonds. The predicted molar refractivity (Wildman–Crippen MR) is 74.5 cm³/mol. The molecule has 0 unspecified atom stereocenters. The van der Waals surface area contributed by atoms with E-state index >= 15 is 0 Å². The van der Waals surface area contributed by atoms with Crippen LogP contribution in [0.3, 0.4) is 0 Å². The third-order valence-electron chi connectivity index (χ3n) is 3.40. The lowest BCUT2D eigenvalue weighted by Gasteiger charge is -2.12. The molecular weight excluding hydrogens is 258 g/mol. The first kappa shape index (κ1) is 14.3. The van der Waals surface area contributed by atoms with E-state index in [2.05, 4.69) is 5.32 Å². The molecule has 1 fully saturated rings. The number of benzene rings is 1. The first-order valence-corrected chi connectivity index (χ1v) is 6.74. The van der Waals surface area contributed by atoms with Crippen LogP contribution in [0.4, 0.5) is 11.4 Å². The molecule has 0 atom stereocenters. The molecule has 106 valence electrons. The summed E-state index contributed by atoms with van der Waals surface area (Å²) in [7, 11) is 0. The van der Waals surface area contributed by atoms with Crippen LogP contribution in [0.15, 0.2) is 18.2 Å². The second-order valence-electron chi connectivity index (χ2n) is 4.80. The van der Waals surface area contributed by atoms with Crippen LogP contribution in [0, 0.1) is 21.4 Å². The van der Waals surface area contributed by atoms with Crippen LogP contribution >= 0.6 is 0 Å². The standard InChI is InChI=1S/C14H17N3O3/c15-10-11-9-12(5-6-14(11)17(18)19)16-7-8-20-13-3-1-2-4-13/h5-6,9,13,16H,1-4,7-8H2. The third-order valence-corrected chi connectivity index (χ3v) is 3.40. The van der Waals surface area contributed by atoms with Gasteiger partial charge >= 0.3 is 0 Å². The lowest BCUT2D eigenvalue weighted by Crippen LogP contribution is -2.15. The minimum absolute atomic E-state index is 0.0664. The van der Waals surface area contributed by atoms with Crippen molar-refractivity contribution in [2.24, 2.45) is 0 Å². The van der Waals surface area contributed by atoms with Gasteiger partial charge in [-0.1, -0.05) is 12.8 Å². The number of nitrogens with one attached hydrogen (secondary N) is 1. The molecule has 0 bridgehead atoms. The molecule has 1 aliphatic carbocycles. The molecule has 0 aliphatic heterocycles. The normalized spacial score (nSPS) is 14.9. The zero-order valence-electron chi connectivity index (χ0n) is 11.2. The Balaban J connectivity index is 1.83. The summed E-state index contributed by atoms with van der Waals surface area (Å²) in [4.78, 5) is 10.2. The van der Waals surface area contributed by atoms with Gasteiger partial charge in [0, 0.05) is 18.3 Å². The van der Waals surface area contributed by atoms with Crippen molar-refractivity contribution in [3.63, 3.8) is 0 Å². The molecule has 0 saturated heterocycles. The Labute approximate surface area is 117 Å². The Hall–Kier alpha value is -2.13. The Morgan fingerprint density at radius 1 is 1.45 bits per heavy atom. The fourth-order valence-corrected chi connectivity index (χ4v) is 2.37. The molecular formula is C14H17N3O3. The Morgan fingerprint density at radius 3 is 2.85 bits per heavy atom. The van der Waals surface area contributed by atoms with Crippen LogP contribution in [-0.2, 0) is 4.74 Å². The average molecular weight is 275 g/mol. The van der Waals surface area contributed by atoms with E-state index in [1.165, 1.54) is 25.0 Å². The average Bonchev–Trinajstić information content (AvgIpc) is 2.96. The number of nitriles is 1. The number of nitro benzene ring substituents is 1. The maximum absolute atomic E-state index is 10.7. The van der Waals surface area contributed by atoms with Gasteiger partial charge in [0.25, 0.3) is 5.69 Å². The van der Waals surface area contributed by atoms with E-state index in [-0.39, 0.29) is 11.3 Å². The second kappa shape index (κ2) is 6.87. The Kier molecular flexibility index (Phi) is 4.91. The number of nitrogens with zero attached hydrogens (tertiary/aromatic N) is 2. The van der Waals surface area contributed by atoms with Gasteiger partial charge in [-0.3, -0.25) is 10.1 Å². The van der Waals surface area contributed by atoms with Crippen molar-refractivity contribution in [2.75, 3.05) is 18.5 Å². The molecule has 1 aromatic carbocycles. The van der Waals surface area contributed by atoms with E-state index < -0.39 is 4.92 Å². The smallest absolute Gasteiger partial charge is 0.287 e. The summed E-state index contributed by atoms with van der Waals surface area (Å²) >= 11 is 0. The summed E-state index contributed by atoms with van der Waals surface area (Å²) in [6.07, 6.45) is 5.13. The van der Waals surface area contributed by atoms with Gasteiger partial charge < -0.3 is 10.1 Å². The highest BCUT2D eigenvalue weighted by Crippen LogP contribution is 2.22. The van der Waals surface area contributed by atoms with Gasteiger partial charge in [0.2, 0.25) is 0 Å². The largest absolute Gasteiger partial charge is 0.383 e. The van der Waals surface area contributed by atoms with Crippen molar-refractivity contribution < 1.29 is 9.66 Å². The highest BCUT2D eigenvalue weighted by molar-refractivity contribution is 5.58. The molecule has 20 heavy (non-hydrogen) atoms. The van der Waals surface area contributed by atoms with Crippen LogP contribution in [0.1, 0.15) is 31.2 Å². The maximum Gasteiger partial charge on any atom is 0.287 e. The van der Waals surface area contributed by atoms with Gasteiger partial charge in [0.1, 0.15) is 11.6 Å². The zero-order chi connectivity index (χ0) is 14.4. The number of ether oxygens (including phenoxy) is 1. The van der Waals surface area contributed by atoms with Crippen LogP contribution < -0.4 is 5.32 Å². The van der Waals surface area contributed by atoms with Crippen LogP contribution in [0.25, 0.3) is 0 Å². The second-order valence-corrected chi connectivity index (χ2v) is 4.80. The first-order valence-electron chi connectivity index (χ1n) is 6.74. The van der Waals surface area contributed by atoms with E-state index in [1.807, 2.05) is 6.07 Å². The van der Waals surface area contributed by atoms with Crippen LogP contribution in [0.5, 0.6) is 0 Å². The highest BCUT2D eigenvalue weighted by Gasteiger charge is 2.15. The Bertz CT molecular complexity index is 519. The third kappa shape index (κ3) is 3.68. The van der Waals surface area contributed by atoms with Gasteiger partial charge in [0.15, 0.2) is 0 Å². The lowest BCUT2D eigenvalue weighted by atomic mass is 10.2. The minimum atomic E-state index is -0.550. The number of rotatable bonds is 6. The van der Waals surface area contributed by atoms with Gasteiger partial charge in [-0.2, -0.15) is 5.26 Å². The molecule has 1 saturated carbocycles. The lowest BCUT2D eigenvalue weighted by molar-refractivity contribution is -0.385. The Morgan fingerprint density at radius 2 is 2.20 bits per heavy atom. The highest BCUT2D eigenvalue weighted by atomic mass is 16.6. The van der Waals surface area contributed by atoms with E-state index in [1.54, 1.807) is 6.07 Å². The van der Waals surface area contributed by atoms with Gasteiger partial charge in [-0.05, 0) is 25.0 Å². The molecule has 0 radical (unpaired) electrons. The van der Waals surface area contributed by atoms with E-state index in [9.17, 15) is 10.1 Å². The topological polar surface area (TPSA) is 88.2 Å². The maximum atomic E-state index is 10.7. The summed E-state index contributed by atoms with van der Waals surface area (Å²) in [6, 6.07) is 6.28. The number of hydrogen-bond acceptors (Lipinski definition) is 5. The fourth-order valence-electron chi connectivity index (χ4n) is 2.37. The molecule has 1 N–H and O–H groups in total. The van der Waals surface area contributed by atoms with Crippen LogP contribution in [0.2, 0.25) is 0 Å². The summed E-state index contributed by atoms with van der Waals surface area (Å²) in [6.45, 7) is 1.22. The number of anilines is 1. The molecule has 2 rings (SSSR count). The van der Waals surface area contributed by atoms with Crippen LogP contribution in [-0.4, -0.2) is 24.2 Å². The van der Waals surface area contributed by atoms with E-state index in [0.29, 0.717) is 24.9 Å². The summed E-state index contributed by atoms with van der Waals surface area (Å²) in [5.41, 5.74) is 0.596. The molecule has 6 nitrogen and oxygen atoms in total. The molecule has 6 heteroatoms. The summed E-state index contributed by atoms with van der Waals surface area (Å²) in [5, 5.41) is 22.7.